The Kier molecular flexibility index (Phi) is 6.02. The van der Waals surface area contributed by atoms with Crippen LogP contribution in [0, 0.1) is 0 Å². The molecule has 5 heteroatoms. The van der Waals surface area contributed by atoms with Crippen LogP contribution in [0.3, 0.4) is 0 Å². The topological polar surface area (TPSA) is 59.0 Å². The van der Waals surface area contributed by atoms with Crippen molar-refractivity contribution in [2.24, 2.45) is 0 Å². The molecule has 2 atom stereocenters. The van der Waals surface area contributed by atoms with E-state index >= 15 is 0 Å². The number of ether oxygens (including phenoxy) is 2. The highest BCUT2D eigenvalue weighted by Gasteiger charge is 2.30. The Labute approximate surface area is 138 Å². The van der Waals surface area contributed by atoms with E-state index in [1.807, 2.05) is 51.1 Å². The molecule has 0 aliphatic carbocycles. The van der Waals surface area contributed by atoms with E-state index < -0.39 is 11.7 Å². The number of benzene rings is 1. The maximum absolute atomic E-state index is 12.1. The molecule has 0 bridgehead atoms. The van der Waals surface area contributed by atoms with Gasteiger partial charge in [0, 0.05) is 6.54 Å². The summed E-state index contributed by atoms with van der Waals surface area (Å²) in [5, 5.41) is 10.4. The van der Waals surface area contributed by atoms with Crippen LogP contribution in [0.4, 0.5) is 4.79 Å². The number of β-amino-alcohol motifs (C(OH)–C–C–N with tert-alkyl or cyclic N) is 1. The van der Waals surface area contributed by atoms with E-state index in [9.17, 15) is 9.90 Å². The predicted octanol–water partition coefficient (Wildman–Crippen LogP) is 2.96. The van der Waals surface area contributed by atoms with E-state index in [-0.39, 0.29) is 18.7 Å². The third kappa shape index (κ3) is 5.84. The van der Waals surface area contributed by atoms with Gasteiger partial charge in [-0.1, -0.05) is 30.3 Å². The van der Waals surface area contributed by atoms with Crippen molar-refractivity contribution in [2.75, 3.05) is 13.1 Å². The SMILES string of the molecule is CC(C)(C)OC(=O)N1CCC[C@@H](OCc2ccccc2)[C@@H](O)C1. The van der Waals surface area contributed by atoms with E-state index in [2.05, 4.69) is 0 Å². The number of aliphatic hydroxyl groups excluding tert-OH is 1. The monoisotopic (exact) mass is 321 g/mol. The number of hydrogen-bond acceptors (Lipinski definition) is 4. The minimum atomic E-state index is -0.700. The van der Waals surface area contributed by atoms with E-state index in [0.717, 1.165) is 18.4 Å². The molecule has 0 spiro atoms. The average Bonchev–Trinajstić information content (AvgIpc) is 2.66. The highest BCUT2D eigenvalue weighted by Crippen LogP contribution is 2.19. The predicted molar refractivity (Wildman–Crippen MR) is 88.1 cm³/mol. The zero-order chi connectivity index (χ0) is 16.9. The maximum atomic E-state index is 12.1. The molecule has 0 aromatic heterocycles. The lowest BCUT2D eigenvalue weighted by Crippen LogP contribution is -2.42. The van der Waals surface area contributed by atoms with Crippen molar-refractivity contribution in [1.29, 1.82) is 0 Å². The fourth-order valence-corrected chi connectivity index (χ4v) is 2.57. The number of amides is 1. The van der Waals surface area contributed by atoms with Crippen LogP contribution in [-0.4, -0.2) is 47.0 Å². The van der Waals surface area contributed by atoms with Crippen molar-refractivity contribution in [3.05, 3.63) is 35.9 Å². The molecule has 1 amide bonds. The lowest BCUT2D eigenvalue weighted by atomic mass is 10.1. The minimum absolute atomic E-state index is 0.244. The van der Waals surface area contributed by atoms with Crippen LogP contribution in [0.5, 0.6) is 0 Å². The van der Waals surface area contributed by atoms with E-state index in [1.165, 1.54) is 0 Å². The van der Waals surface area contributed by atoms with Gasteiger partial charge in [0.1, 0.15) is 5.60 Å². The molecular formula is C18H27NO4. The van der Waals surface area contributed by atoms with Gasteiger partial charge in [-0.05, 0) is 39.2 Å². The van der Waals surface area contributed by atoms with Crippen molar-refractivity contribution in [3.8, 4) is 0 Å². The molecule has 1 aromatic carbocycles. The number of rotatable bonds is 3. The van der Waals surface area contributed by atoms with E-state index in [0.29, 0.717) is 13.2 Å². The Morgan fingerprint density at radius 3 is 2.65 bits per heavy atom. The smallest absolute Gasteiger partial charge is 0.410 e. The molecule has 0 unspecified atom stereocenters. The Balaban J connectivity index is 1.88. The number of hydrogen-bond donors (Lipinski definition) is 1. The Morgan fingerprint density at radius 2 is 2.00 bits per heavy atom. The van der Waals surface area contributed by atoms with Gasteiger partial charge in [0.25, 0.3) is 0 Å². The normalized spacial score (nSPS) is 22.5. The summed E-state index contributed by atoms with van der Waals surface area (Å²) in [6.45, 7) is 6.81. The van der Waals surface area contributed by atoms with Crippen LogP contribution < -0.4 is 0 Å². The number of carbonyl (C=O) groups excluding carboxylic acids is 1. The van der Waals surface area contributed by atoms with Gasteiger partial charge >= 0.3 is 6.09 Å². The Hall–Kier alpha value is -1.59. The first-order valence-electron chi connectivity index (χ1n) is 8.17. The van der Waals surface area contributed by atoms with Crippen LogP contribution >= 0.6 is 0 Å². The molecule has 2 rings (SSSR count). The van der Waals surface area contributed by atoms with Crippen LogP contribution in [0.25, 0.3) is 0 Å². The lowest BCUT2D eigenvalue weighted by molar-refractivity contribution is -0.0522. The molecule has 1 aliphatic rings. The fourth-order valence-electron chi connectivity index (χ4n) is 2.57. The summed E-state index contributed by atoms with van der Waals surface area (Å²) in [6.07, 6.45) is 0.180. The second-order valence-electron chi connectivity index (χ2n) is 6.97. The number of aliphatic hydroxyl groups is 1. The van der Waals surface area contributed by atoms with Gasteiger partial charge < -0.3 is 19.5 Å². The molecule has 128 valence electrons. The summed E-state index contributed by atoms with van der Waals surface area (Å²) in [5.74, 6) is 0. The largest absolute Gasteiger partial charge is 0.444 e. The van der Waals surface area contributed by atoms with Crippen LogP contribution in [0.1, 0.15) is 39.2 Å². The molecule has 1 aliphatic heterocycles. The van der Waals surface area contributed by atoms with Crippen LogP contribution in [-0.2, 0) is 16.1 Å². The second-order valence-corrected chi connectivity index (χ2v) is 6.97. The fraction of sp³-hybridized carbons (Fsp3) is 0.611. The first kappa shape index (κ1) is 17.8. The zero-order valence-corrected chi connectivity index (χ0v) is 14.2. The lowest BCUT2D eigenvalue weighted by Gasteiger charge is -2.28. The summed E-state index contributed by atoms with van der Waals surface area (Å²) in [7, 11) is 0. The first-order chi connectivity index (χ1) is 10.8. The van der Waals surface area contributed by atoms with Crippen molar-refractivity contribution in [1.82, 2.24) is 4.90 Å². The van der Waals surface area contributed by atoms with Gasteiger partial charge in [0.05, 0.1) is 25.4 Å². The summed E-state index contributed by atoms with van der Waals surface area (Å²) >= 11 is 0. The highest BCUT2D eigenvalue weighted by atomic mass is 16.6. The molecule has 1 heterocycles. The number of nitrogens with zero attached hydrogens (tertiary/aromatic N) is 1. The average molecular weight is 321 g/mol. The van der Waals surface area contributed by atoms with Crippen molar-refractivity contribution < 1.29 is 19.4 Å². The van der Waals surface area contributed by atoms with E-state index in [4.69, 9.17) is 9.47 Å². The molecule has 1 aromatic rings. The first-order valence-corrected chi connectivity index (χ1v) is 8.17. The van der Waals surface area contributed by atoms with Gasteiger partial charge in [0.2, 0.25) is 0 Å². The van der Waals surface area contributed by atoms with Crippen molar-refractivity contribution >= 4 is 6.09 Å². The molecule has 1 fully saturated rings. The van der Waals surface area contributed by atoms with Gasteiger partial charge in [-0.3, -0.25) is 0 Å². The van der Waals surface area contributed by atoms with Gasteiger partial charge in [-0.15, -0.1) is 0 Å². The van der Waals surface area contributed by atoms with Crippen molar-refractivity contribution in [3.63, 3.8) is 0 Å². The molecule has 0 saturated carbocycles. The minimum Gasteiger partial charge on any atom is -0.444 e. The van der Waals surface area contributed by atoms with Gasteiger partial charge in [0.15, 0.2) is 0 Å². The molecule has 1 saturated heterocycles. The Bertz CT molecular complexity index is 497. The van der Waals surface area contributed by atoms with Gasteiger partial charge in [-0.2, -0.15) is 0 Å². The van der Waals surface area contributed by atoms with Crippen LogP contribution in [0.15, 0.2) is 30.3 Å². The van der Waals surface area contributed by atoms with E-state index in [1.54, 1.807) is 4.90 Å². The van der Waals surface area contributed by atoms with Crippen LogP contribution in [0.2, 0.25) is 0 Å². The third-order valence-corrected chi connectivity index (χ3v) is 3.71. The number of carbonyl (C=O) groups is 1. The van der Waals surface area contributed by atoms with Gasteiger partial charge in [-0.25, -0.2) is 4.79 Å². The second kappa shape index (κ2) is 7.79. The summed E-state index contributed by atoms with van der Waals surface area (Å²) in [4.78, 5) is 13.7. The number of likely N-dealkylation sites (tertiary alicyclic amines) is 1. The third-order valence-electron chi connectivity index (χ3n) is 3.71. The quantitative estimate of drug-likeness (QED) is 0.930. The highest BCUT2D eigenvalue weighted by molar-refractivity contribution is 5.68. The zero-order valence-electron chi connectivity index (χ0n) is 14.2. The molecule has 5 nitrogen and oxygen atoms in total. The maximum Gasteiger partial charge on any atom is 0.410 e. The summed E-state index contributed by atoms with van der Waals surface area (Å²) < 4.78 is 11.2. The van der Waals surface area contributed by atoms with Crippen molar-refractivity contribution in [2.45, 2.75) is 58.0 Å². The Morgan fingerprint density at radius 1 is 1.30 bits per heavy atom. The molecule has 1 N–H and O–H groups in total. The summed E-state index contributed by atoms with van der Waals surface area (Å²) in [5.41, 5.74) is 0.547. The molecule has 0 radical (unpaired) electrons. The molecule has 23 heavy (non-hydrogen) atoms. The molecular weight excluding hydrogens is 294 g/mol. The standard InChI is InChI=1S/C18H27NO4/c1-18(2,3)23-17(21)19-11-7-10-16(15(20)12-19)22-13-14-8-5-4-6-9-14/h4-6,8-9,15-16,20H,7,10-13H2,1-3H3/t15-,16+/m0/s1. The summed E-state index contributed by atoms with van der Waals surface area (Å²) in [6, 6.07) is 9.88.